The van der Waals surface area contributed by atoms with Crippen LogP contribution in [0.15, 0.2) is 10.4 Å². The van der Waals surface area contributed by atoms with Gasteiger partial charge in [-0.2, -0.15) is 13.2 Å². The van der Waals surface area contributed by atoms with Crippen molar-refractivity contribution in [2.45, 2.75) is 58.2 Å². The quantitative estimate of drug-likeness (QED) is 0.253. The molecule has 0 saturated carbocycles. The van der Waals surface area contributed by atoms with Gasteiger partial charge in [0.15, 0.2) is 11.7 Å². The molecule has 0 radical (unpaired) electrons. The lowest BCUT2D eigenvalue weighted by molar-refractivity contribution is -0.143. The highest BCUT2D eigenvalue weighted by Crippen LogP contribution is 2.29. The van der Waals surface area contributed by atoms with E-state index in [1.807, 2.05) is 0 Å². The monoisotopic (exact) mass is 408 g/mol. The molecule has 1 aromatic rings. The van der Waals surface area contributed by atoms with Crippen molar-refractivity contribution in [1.29, 1.82) is 0 Å². The molecule has 10 heteroatoms. The van der Waals surface area contributed by atoms with Gasteiger partial charge in [0.05, 0.1) is 13.2 Å². The lowest BCUT2D eigenvalue weighted by Crippen LogP contribution is -2.37. The van der Waals surface area contributed by atoms with E-state index in [4.69, 9.17) is 4.74 Å². The highest BCUT2D eigenvalue weighted by molar-refractivity contribution is 7.09. The van der Waals surface area contributed by atoms with E-state index in [1.54, 1.807) is 14.0 Å². The molecule has 0 aliphatic carbocycles. The summed E-state index contributed by atoms with van der Waals surface area (Å²) < 4.78 is 42.4. The van der Waals surface area contributed by atoms with Gasteiger partial charge in [-0.3, -0.25) is 9.79 Å². The maximum atomic E-state index is 12.5. The van der Waals surface area contributed by atoms with Crippen LogP contribution in [0.4, 0.5) is 13.2 Å². The van der Waals surface area contributed by atoms with Gasteiger partial charge in [0.1, 0.15) is 5.01 Å². The number of thiazole rings is 1. The first kappa shape index (κ1) is 23.2. The first-order valence-electron chi connectivity index (χ1n) is 8.98. The third kappa shape index (κ3) is 10.2. The van der Waals surface area contributed by atoms with E-state index in [0.717, 1.165) is 48.8 Å². The van der Waals surface area contributed by atoms with Crippen LogP contribution in [0.2, 0.25) is 0 Å². The van der Waals surface area contributed by atoms with Gasteiger partial charge in [0, 0.05) is 25.4 Å². The number of nitrogens with zero attached hydrogens (tertiary/aromatic N) is 2. The number of carbonyl (C=O) groups is 1. The summed E-state index contributed by atoms with van der Waals surface area (Å²) in [5.41, 5.74) is -0.866. The van der Waals surface area contributed by atoms with E-state index in [1.165, 1.54) is 0 Å². The van der Waals surface area contributed by atoms with Gasteiger partial charge in [-0.05, 0) is 19.8 Å². The lowest BCUT2D eigenvalue weighted by atomic mass is 10.1. The minimum atomic E-state index is -4.41. The van der Waals surface area contributed by atoms with Gasteiger partial charge in [0.2, 0.25) is 0 Å². The molecule has 6 nitrogen and oxygen atoms in total. The molecule has 1 rings (SSSR count). The minimum absolute atomic E-state index is 0.142. The third-order valence-corrected chi connectivity index (χ3v) is 4.48. The summed E-state index contributed by atoms with van der Waals surface area (Å²) in [4.78, 5) is 18.8. The molecule has 0 aliphatic heterocycles. The topological polar surface area (TPSA) is 75.6 Å². The zero-order valence-electron chi connectivity index (χ0n) is 15.7. The van der Waals surface area contributed by atoms with Crippen molar-refractivity contribution in [3.63, 3.8) is 0 Å². The van der Waals surface area contributed by atoms with Crippen molar-refractivity contribution >= 4 is 23.3 Å². The molecular weight excluding hydrogens is 381 g/mol. The van der Waals surface area contributed by atoms with Crippen LogP contribution in [-0.2, 0) is 22.3 Å². The molecule has 154 valence electrons. The molecular formula is C17H27F3N4O2S. The van der Waals surface area contributed by atoms with Crippen molar-refractivity contribution in [2.24, 2.45) is 4.99 Å². The van der Waals surface area contributed by atoms with E-state index in [-0.39, 0.29) is 12.5 Å². The summed E-state index contributed by atoms with van der Waals surface area (Å²) in [5, 5.41) is 7.44. The number of hydrogen-bond acceptors (Lipinski definition) is 5. The number of guanidine groups is 1. The van der Waals surface area contributed by atoms with Crippen LogP contribution in [0.25, 0.3) is 0 Å². The normalized spacial score (nSPS) is 12.1. The Labute approximate surface area is 161 Å². The van der Waals surface area contributed by atoms with Crippen LogP contribution in [-0.4, -0.2) is 37.1 Å². The average molecular weight is 408 g/mol. The number of unbranched alkanes of at least 4 members (excludes halogenated alkanes) is 4. The number of rotatable bonds is 11. The Morgan fingerprint density at radius 3 is 2.56 bits per heavy atom. The Morgan fingerprint density at radius 2 is 1.93 bits per heavy atom. The van der Waals surface area contributed by atoms with E-state index in [2.05, 4.69) is 20.6 Å². The van der Waals surface area contributed by atoms with Crippen molar-refractivity contribution < 1.29 is 22.7 Å². The molecule has 0 unspecified atom stereocenters. The number of aromatic nitrogens is 1. The summed E-state index contributed by atoms with van der Waals surface area (Å²) in [5.74, 6) is 0.387. The summed E-state index contributed by atoms with van der Waals surface area (Å²) >= 11 is 0.964. The lowest BCUT2D eigenvalue weighted by Gasteiger charge is -2.10. The van der Waals surface area contributed by atoms with E-state index < -0.39 is 11.9 Å². The van der Waals surface area contributed by atoms with Crippen LogP contribution in [0.3, 0.4) is 0 Å². The van der Waals surface area contributed by atoms with Crippen LogP contribution in [0, 0.1) is 0 Å². The van der Waals surface area contributed by atoms with Gasteiger partial charge in [-0.15, -0.1) is 11.3 Å². The number of alkyl halides is 3. The Morgan fingerprint density at radius 1 is 1.22 bits per heavy atom. The number of ether oxygens (including phenoxy) is 1. The fourth-order valence-corrected chi connectivity index (χ4v) is 3.01. The predicted octanol–water partition coefficient (Wildman–Crippen LogP) is 3.73. The zero-order chi connectivity index (χ0) is 20.1. The predicted molar refractivity (Wildman–Crippen MR) is 99.7 cm³/mol. The molecule has 1 heterocycles. The van der Waals surface area contributed by atoms with E-state index in [9.17, 15) is 18.0 Å². The zero-order valence-corrected chi connectivity index (χ0v) is 16.5. The largest absolute Gasteiger partial charge is 0.466 e. The van der Waals surface area contributed by atoms with E-state index in [0.29, 0.717) is 30.5 Å². The number of hydrogen-bond donors (Lipinski definition) is 2. The maximum absolute atomic E-state index is 12.5. The number of aliphatic imine (C=N–C) groups is 1. The molecule has 0 spiro atoms. The van der Waals surface area contributed by atoms with Crippen LogP contribution in [0.5, 0.6) is 0 Å². The second-order valence-electron chi connectivity index (χ2n) is 5.80. The first-order chi connectivity index (χ1) is 12.9. The Bertz CT molecular complexity index is 591. The Hall–Kier alpha value is -1.84. The Kier molecular flexibility index (Phi) is 10.8. The van der Waals surface area contributed by atoms with Crippen molar-refractivity contribution in [2.75, 3.05) is 20.2 Å². The molecule has 0 aromatic carbocycles. The molecule has 2 N–H and O–H groups in total. The SMILES string of the molecule is CCOC(=O)CCCCCCCNC(=NC)NCc1nc(C(F)(F)F)cs1. The van der Waals surface area contributed by atoms with Crippen molar-refractivity contribution in [1.82, 2.24) is 15.6 Å². The number of nitrogens with one attached hydrogen (secondary N) is 2. The van der Waals surface area contributed by atoms with Crippen LogP contribution in [0.1, 0.15) is 56.2 Å². The van der Waals surface area contributed by atoms with Crippen LogP contribution >= 0.6 is 11.3 Å². The molecule has 0 bridgehead atoms. The summed E-state index contributed by atoms with van der Waals surface area (Å²) in [6.45, 7) is 3.12. The van der Waals surface area contributed by atoms with Gasteiger partial charge < -0.3 is 15.4 Å². The summed E-state index contributed by atoms with van der Waals surface area (Å²) in [7, 11) is 1.60. The summed E-state index contributed by atoms with van der Waals surface area (Å²) in [6, 6.07) is 0. The number of carbonyl (C=O) groups excluding carboxylic acids is 1. The highest BCUT2D eigenvalue weighted by atomic mass is 32.1. The molecule has 0 fully saturated rings. The second kappa shape index (κ2) is 12.5. The third-order valence-electron chi connectivity index (χ3n) is 3.63. The van der Waals surface area contributed by atoms with Gasteiger partial charge in [-0.1, -0.05) is 19.3 Å². The van der Waals surface area contributed by atoms with Gasteiger partial charge in [0.25, 0.3) is 0 Å². The standard InChI is InChI=1S/C17H27F3N4O2S/c1-3-26-15(25)9-7-5-4-6-8-10-22-16(21-2)23-11-14-24-13(12-27-14)17(18,19)20/h12H,3-11H2,1-2H3,(H2,21,22,23). The molecule has 1 aromatic heterocycles. The molecule has 0 saturated heterocycles. The van der Waals surface area contributed by atoms with E-state index >= 15 is 0 Å². The fraction of sp³-hybridized carbons (Fsp3) is 0.706. The minimum Gasteiger partial charge on any atom is -0.466 e. The summed E-state index contributed by atoms with van der Waals surface area (Å²) in [6.07, 6.45) is 0.872. The number of halogens is 3. The maximum Gasteiger partial charge on any atom is 0.434 e. The molecule has 0 amide bonds. The fourth-order valence-electron chi connectivity index (χ4n) is 2.27. The average Bonchev–Trinajstić information content (AvgIpc) is 3.09. The first-order valence-corrected chi connectivity index (χ1v) is 9.86. The second-order valence-corrected chi connectivity index (χ2v) is 6.74. The molecule has 0 atom stereocenters. The van der Waals surface area contributed by atoms with Crippen LogP contribution < -0.4 is 10.6 Å². The molecule has 0 aliphatic rings. The number of esters is 1. The molecule has 27 heavy (non-hydrogen) atoms. The van der Waals surface area contributed by atoms with Crippen molar-refractivity contribution in [3.8, 4) is 0 Å². The Balaban J connectivity index is 2.11. The smallest absolute Gasteiger partial charge is 0.434 e. The van der Waals surface area contributed by atoms with Crippen molar-refractivity contribution in [3.05, 3.63) is 16.1 Å². The highest BCUT2D eigenvalue weighted by Gasteiger charge is 2.33. The van der Waals surface area contributed by atoms with Gasteiger partial charge >= 0.3 is 12.1 Å². The van der Waals surface area contributed by atoms with Gasteiger partial charge in [-0.25, -0.2) is 4.98 Å².